The molecule has 10 nitrogen and oxygen atoms in total. The van der Waals surface area contributed by atoms with Crippen molar-refractivity contribution in [1.82, 2.24) is 15.0 Å². The quantitative estimate of drug-likeness (QED) is 0.384. The minimum absolute atomic E-state index is 0.176. The van der Waals surface area contributed by atoms with Crippen LogP contribution in [-0.2, 0) is 15.5 Å². The number of halogens is 2. The number of benzene rings is 1. The van der Waals surface area contributed by atoms with Crippen molar-refractivity contribution in [2.45, 2.75) is 12.6 Å². The fourth-order valence-corrected chi connectivity index (χ4v) is 3.55. The molecule has 4 rings (SSSR count). The first-order chi connectivity index (χ1) is 16.2. The van der Waals surface area contributed by atoms with Crippen LogP contribution in [0.2, 0.25) is 5.02 Å². The van der Waals surface area contributed by atoms with Crippen LogP contribution in [0.25, 0.3) is 5.57 Å². The number of nitrogens with two attached hydrogens (primary N) is 1. The fraction of sp³-hybridized carbons (Fsp3) is 0.143. The molecule has 1 atom stereocenters. The molecule has 0 spiro atoms. The SMILES string of the molecule is NC1C(c2cc(Cc3ccc(Oc4ncc(Cl)cc4F)cc3)no2)=CC=CN1COP(=O)(O)O. The molecule has 1 aliphatic heterocycles. The molecular weight excluding hydrogens is 490 g/mol. The van der Waals surface area contributed by atoms with Crippen molar-refractivity contribution in [1.29, 1.82) is 0 Å². The molecule has 0 amide bonds. The fourth-order valence-electron chi connectivity index (χ4n) is 3.12. The first kappa shape index (κ1) is 24.1. The van der Waals surface area contributed by atoms with Crippen molar-refractivity contribution >= 4 is 25.0 Å². The summed E-state index contributed by atoms with van der Waals surface area (Å²) in [7, 11) is -4.64. The number of pyridine rings is 1. The molecule has 0 aliphatic carbocycles. The minimum Gasteiger partial charge on any atom is -0.436 e. The van der Waals surface area contributed by atoms with Crippen LogP contribution in [0, 0.1) is 5.82 Å². The lowest BCUT2D eigenvalue weighted by atomic mass is 10.1. The molecule has 4 N–H and O–H groups in total. The van der Waals surface area contributed by atoms with Gasteiger partial charge in [-0.25, -0.2) is 13.9 Å². The monoisotopic (exact) mass is 508 g/mol. The second kappa shape index (κ2) is 10.1. The highest BCUT2D eigenvalue weighted by Crippen LogP contribution is 2.36. The standard InChI is InChI=1S/C21H19ClFN4O6P/c22-14-9-18(23)21(25-11-14)32-16-5-3-13(4-6-16)8-15-10-19(33-26-15)17-2-1-7-27(20(17)24)12-31-34(28,29)30/h1-7,9-11,20H,8,12,24H2,(H2,28,29,30). The highest BCUT2D eigenvalue weighted by Gasteiger charge is 2.25. The summed E-state index contributed by atoms with van der Waals surface area (Å²) in [6.07, 6.45) is 5.91. The van der Waals surface area contributed by atoms with Gasteiger partial charge in [0, 0.05) is 30.5 Å². The number of phosphoric acid groups is 1. The zero-order valence-corrected chi connectivity index (χ0v) is 19.1. The smallest absolute Gasteiger partial charge is 0.436 e. The summed E-state index contributed by atoms with van der Waals surface area (Å²) in [5, 5.41) is 4.24. The Morgan fingerprint density at radius 3 is 2.74 bits per heavy atom. The van der Waals surface area contributed by atoms with E-state index in [2.05, 4.69) is 14.7 Å². The molecule has 0 radical (unpaired) electrons. The van der Waals surface area contributed by atoms with Crippen molar-refractivity contribution in [2.75, 3.05) is 6.73 Å². The number of nitrogens with zero attached hydrogens (tertiary/aromatic N) is 3. The second-order valence-electron chi connectivity index (χ2n) is 7.22. The normalized spacial score (nSPS) is 16.0. The summed E-state index contributed by atoms with van der Waals surface area (Å²) >= 11 is 5.69. The van der Waals surface area contributed by atoms with Crippen molar-refractivity contribution in [3.63, 3.8) is 0 Å². The van der Waals surface area contributed by atoms with Gasteiger partial charge in [-0.15, -0.1) is 0 Å². The Balaban J connectivity index is 1.39. The molecular formula is C21H19ClFN4O6P. The number of hydrogen-bond acceptors (Lipinski definition) is 8. The van der Waals surface area contributed by atoms with Gasteiger partial charge in [0.05, 0.1) is 10.7 Å². The van der Waals surface area contributed by atoms with E-state index in [0.29, 0.717) is 29.2 Å². The van der Waals surface area contributed by atoms with Crippen LogP contribution in [0.4, 0.5) is 4.39 Å². The molecule has 0 saturated carbocycles. The third-order valence-corrected chi connectivity index (χ3v) is 5.40. The van der Waals surface area contributed by atoms with E-state index in [0.717, 1.165) is 11.6 Å². The van der Waals surface area contributed by atoms with E-state index < -0.39 is 26.5 Å². The van der Waals surface area contributed by atoms with E-state index in [1.165, 1.54) is 11.1 Å². The molecule has 1 aromatic carbocycles. The predicted octanol–water partition coefficient (Wildman–Crippen LogP) is 3.81. The molecule has 13 heteroatoms. The van der Waals surface area contributed by atoms with Crippen molar-refractivity contribution in [3.05, 3.63) is 88.8 Å². The second-order valence-corrected chi connectivity index (χ2v) is 8.89. The third-order valence-electron chi connectivity index (χ3n) is 4.74. The van der Waals surface area contributed by atoms with Gasteiger partial charge in [-0.2, -0.15) is 0 Å². The molecule has 2 aromatic heterocycles. The van der Waals surface area contributed by atoms with E-state index in [4.69, 9.17) is 36.4 Å². The summed E-state index contributed by atoms with van der Waals surface area (Å²) in [5.41, 5.74) is 8.28. The van der Waals surface area contributed by atoms with E-state index >= 15 is 0 Å². The van der Waals surface area contributed by atoms with Gasteiger partial charge in [0.2, 0.25) is 0 Å². The Bertz CT molecular complexity index is 1280. The third kappa shape index (κ3) is 6.09. The molecule has 3 aromatic rings. The minimum atomic E-state index is -4.64. The van der Waals surface area contributed by atoms with Crippen LogP contribution in [0.5, 0.6) is 11.6 Å². The van der Waals surface area contributed by atoms with Gasteiger partial charge in [0.1, 0.15) is 18.6 Å². The zero-order chi connectivity index (χ0) is 24.3. The Kier molecular flexibility index (Phi) is 7.13. The number of aromatic nitrogens is 2. The van der Waals surface area contributed by atoms with Crippen LogP contribution in [0.15, 0.2) is 65.5 Å². The Morgan fingerprint density at radius 2 is 2.03 bits per heavy atom. The van der Waals surface area contributed by atoms with Gasteiger partial charge in [0.15, 0.2) is 11.6 Å². The molecule has 1 unspecified atom stereocenters. The van der Waals surface area contributed by atoms with E-state index in [1.54, 1.807) is 48.7 Å². The summed E-state index contributed by atoms with van der Waals surface area (Å²) in [6.45, 7) is -0.399. The maximum Gasteiger partial charge on any atom is 0.471 e. The highest BCUT2D eigenvalue weighted by molar-refractivity contribution is 7.46. The average molecular weight is 509 g/mol. The van der Waals surface area contributed by atoms with Gasteiger partial charge >= 0.3 is 7.82 Å². The predicted molar refractivity (Wildman–Crippen MR) is 120 cm³/mol. The molecule has 34 heavy (non-hydrogen) atoms. The number of ether oxygens (including phenoxy) is 1. The van der Waals surface area contributed by atoms with Crippen LogP contribution in [0.3, 0.4) is 0 Å². The Hall–Kier alpha value is -3.05. The maximum absolute atomic E-state index is 13.9. The maximum atomic E-state index is 13.9. The number of hydrogen-bond donors (Lipinski definition) is 3. The van der Waals surface area contributed by atoms with Crippen LogP contribution >= 0.6 is 19.4 Å². The van der Waals surface area contributed by atoms with Crippen LogP contribution in [-0.4, -0.2) is 37.7 Å². The summed E-state index contributed by atoms with van der Waals surface area (Å²) in [4.78, 5) is 23.0. The lowest BCUT2D eigenvalue weighted by Gasteiger charge is -2.30. The van der Waals surface area contributed by atoms with E-state index in [9.17, 15) is 8.96 Å². The first-order valence-corrected chi connectivity index (χ1v) is 11.7. The number of phosphoric ester groups is 1. The zero-order valence-electron chi connectivity index (χ0n) is 17.4. The average Bonchev–Trinajstić information content (AvgIpc) is 3.24. The molecule has 178 valence electrons. The number of allylic oxidation sites excluding steroid dienone is 2. The first-order valence-electron chi connectivity index (χ1n) is 9.81. The summed E-state index contributed by atoms with van der Waals surface area (Å²) in [6, 6.07) is 9.79. The van der Waals surface area contributed by atoms with Gasteiger partial charge in [-0.05, 0) is 29.8 Å². The largest absolute Gasteiger partial charge is 0.471 e. The van der Waals surface area contributed by atoms with E-state index in [-0.39, 0.29) is 10.9 Å². The van der Waals surface area contributed by atoms with Gasteiger partial charge in [0.25, 0.3) is 5.88 Å². The highest BCUT2D eigenvalue weighted by atomic mass is 35.5. The van der Waals surface area contributed by atoms with E-state index in [1.807, 2.05) is 0 Å². The summed E-state index contributed by atoms with van der Waals surface area (Å²) < 4.78 is 40.2. The Labute approximate surface area is 198 Å². The Morgan fingerprint density at radius 1 is 1.26 bits per heavy atom. The van der Waals surface area contributed by atoms with Crippen molar-refractivity contribution < 1.29 is 32.5 Å². The molecule has 1 aliphatic rings. The van der Waals surface area contributed by atoms with Crippen LogP contribution in [0.1, 0.15) is 17.0 Å². The van der Waals surface area contributed by atoms with Gasteiger partial charge in [-0.1, -0.05) is 35.0 Å². The van der Waals surface area contributed by atoms with Crippen molar-refractivity contribution in [3.8, 4) is 11.6 Å². The molecule has 0 fully saturated rings. The van der Waals surface area contributed by atoms with Crippen molar-refractivity contribution in [2.24, 2.45) is 5.73 Å². The lowest BCUT2D eigenvalue weighted by Crippen LogP contribution is -2.41. The lowest BCUT2D eigenvalue weighted by molar-refractivity contribution is 0.110. The van der Waals surface area contributed by atoms with Crippen LogP contribution < -0.4 is 10.5 Å². The number of rotatable bonds is 8. The topological polar surface area (TPSA) is 144 Å². The van der Waals surface area contributed by atoms with Gasteiger partial charge < -0.3 is 29.7 Å². The molecule has 0 bridgehead atoms. The van der Waals surface area contributed by atoms with Gasteiger partial charge in [-0.3, -0.25) is 4.52 Å². The summed E-state index contributed by atoms with van der Waals surface area (Å²) in [5.74, 6) is -0.0216. The molecule has 0 saturated heterocycles. The molecule has 3 heterocycles.